The predicted molar refractivity (Wildman–Crippen MR) is 84.0 cm³/mol. The predicted octanol–water partition coefficient (Wildman–Crippen LogP) is 2.45. The minimum absolute atomic E-state index is 0.102. The Bertz CT molecular complexity index is 496. The molecule has 1 amide bonds. The van der Waals surface area contributed by atoms with Crippen LogP contribution in [-0.2, 0) is 0 Å². The van der Waals surface area contributed by atoms with Gasteiger partial charge in [-0.2, -0.15) is 0 Å². The minimum atomic E-state index is 0.102. The number of amides is 1. The topological polar surface area (TPSA) is 49.6 Å². The second-order valence-corrected chi connectivity index (χ2v) is 6.21. The molecule has 20 heavy (non-hydrogen) atoms. The molecule has 2 rings (SSSR count). The fourth-order valence-electron chi connectivity index (χ4n) is 2.79. The summed E-state index contributed by atoms with van der Waals surface area (Å²) in [5.74, 6) is 1.36. The lowest BCUT2D eigenvalue weighted by molar-refractivity contribution is 0.0784. The zero-order valence-electron chi connectivity index (χ0n) is 12.9. The molecule has 0 aromatic heterocycles. The SMILES string of the molecule is CC(C)C1CCN(C(=O)c2ccc(N(C)C)c(N)c2)C1. The Hall–Kier alpha value is -1.71. The zero-order valence-corrected chi connectivity index (χ0v) is 12.9. The Morgan fingerprint density at radius 3 is 2.60 bits per heavy atom. The maximum atomic E-state index is 12.5. The number of carbonyl (C=O) groups excluding carboxylic acids is 1. The first-order chi connectivity index (χ1) is 9.40. The highest BCUT2D eigenvalue weighted by atomic mass is 16.2. The van der Waals surface area contributed by atoms with Crippen LogP contribution in [0.2, 0.25) is 0 Å². The molecule has 4 nitrogen and oxygen atoms in total. The van der Waals surface area contributed by atoms with Crippen molar-refractivity contribution in [2.24, 2.45) is 11.8 Å². The van der Waals surface area contributed by atoms with Crippen LogP contribution in [0.1, 0.15) is 30.6 Å². The molecule has 4 heteroatoms. The van der Waals surface area contributed by atoms with Gasteiger partial charge in [-0.25, -0.2) is 0 Å². The Morgan fingerprint density at radius 2 is 2.10 bits per heavy atom. The molecule has 0 saturated carbocycles. The molecule has 0 aliphatic carbocycles. The highest BCUT2D eigenvalue weighted by Gasteiger charge is 2.28. The lowest BCUT2D eigenvalue weighted by Crippen LogP contribution is -2.29. The Labute approximate surface area is 121 Å². The smallest absolute Gasteiger partial charge is 0.253 e. The number of nitrogens with zero attached hydrogens (tertiary/aromatic N) is 2. The third-order valence-corrected chi connectivity index (χ3v) is 4.21. The van der Waals surface area contributed by atoms with Crippen LogP contribution in [0.3, 0.4) is 0 Å². The fraction of sp³-hybridized carbons (Fsp3) is 0.562. The van der Waals surface area contributed by atoms with Gasteiger partial charge in [-0.1, -0.05) is 13.8 Å². The van der Waals surface area contributed by atoms with Crippen molar-refractivity contribution >= 4 is 17.3 Å². The molecular weight excluding hydrogens is 250 g/mol. The largest absolute Gasteiger partial charge is 0.397 e. The molecule has 1 aliphatic rings. The van der Waals surface area contributed by atoms with Crippen molar-refractivity contribution in [3.05, 3.63) is 23.8 Å². The molecule has 1 unspecified atom stereocenters. The third-order valence-electron chi connectivity index (χ3n) is 4.21. The standard InChI is InChI=1S/C16H25N3O/c1-11(2)13-7-8-19(10-13)16(20)12-5-6-15(18(3)4)14(17)9-12/h5-6,9,11,13H,7-8,10,17H2,1-4H3. The molecule has 1 heterocycles. The van der Waals surface area contributed by atoms with Crippen LogP contribution >= 0.6 is 0 Å². The zero-order chi connectivity index (χ0) is 14.9. The van der Waals surface area contributed by atoms with Crippen LogP contribution in [-0.4, -0.2) is 38.0 Å². The molecule has 1 aromatic rings. The molecule has 110 valence electrons. The molecule has 0 radical (unpaired) electrons. The highest BCUT2D eigenvalue weighted by molar-refractivity contribution is 5.96. The van der Waals surface area contributed by atoms with Crippen LogP contribution in [0.4, 0.5) is 11.4 Å². The van der Waals surface area contributed by atoms with Gasteiger partial charge in [-0.15, -0.1) is 0 Å². The van der Waals surface area contributed by atoms with Crippen LogP contribution in [0.5, 0.6) is 0 Å². The van der Waals surface area contributed by atoms with Crippen LogP contribution in [0, 0.1) is 11.8 Å². The second kappa shape index (κ2) is 5.73. The highest BCUT2D eigenvalue weighted by Crippen LogP contribution is 2.27. The Kier molecular flexibility index (Phi) is 4.21. The van der Waals surface area contributed by atoms with Gasteiger partial charge in [-0.3, -0.25) is 4.79 Å². The van der Waals surface area contributed by atoms with E-state index in [2.05, 4.69) is 13.8 Å². The van der Waals surface area contributed by atoms with Crippen molar-refractivity contribution in [2.75, 3.05) is 37.8 Å². The van der Waals surface area contributed by atoms with Gasteiger partial charge < -0.3 is 15.5 Å². The average molecular weight is 275 g/mol. The monoisotopic (exact) mass is 275 g/mol. The minimum Gasteiger partial charge on any atom is -0.397 e. The van der Waals surface area contributed by atoms with Crippen LogP contribution < -0.4 is 10.6 Å². The van der Waals surface area contributed by atoms with Gasteiger partial charge in [0.05, 0.1) is 11.4 Å². The summed E-state index contributed by atoms with van der Waals surface area (Å²) >= 11 is 0. The summed E-state index contributed by atoms with van der Waals surface area (Å²) in [5.41, 5.74) is 8.31. The Balaban J connectivity index is 2.12. The van der Waals surface area contributed by atoms with Crippen molar-refractivity contribution in [3.63, 3.8) is 0 Å². The molecule has 0 bridgehead atoms. The van der Waals surface area contributed by atoms with Crippen molar-refractivity contribution < 1.29 is 4.79 Å². The summed E-state index contributed by atoms with van der Waals surface area (Å²) in [4.78, 5) is 16.4. The molecule has 1 saturated heterocycles. The van der Waals surface area contributed by atoms with E-state index in [1.165, 1.54) is 0 Å². The molecular formula is C16H25N3O. The number of benzene rings is 1. The number of nitrogen functional groups attached to an aromatic ring is 1. The third kappa shape index (κ3) is 2.89. The summed E-state index contributed by atoms with van der Waals surface area (Å²) in [5, 5.41) is 0. The fourth-order valence-corrected chi connectivity index (χ4v) is 2.79. The number of hydrogen-bond donors (Lipinski definition) is 1. The number of carbonyl (C=O) groups is 1. The van der Waals surface area contributed by atoms with Gasteiger partial charge in [0.25, 0.3) is 5.91 Å². The van der Waals surface area contributed by atoms with Gasteiger partial charge in [-0.05, 0) is 36.5 Å². The lowest BCUT2D eigenvalue weighted by atomic mass is 9.95. The quantitative estimate of drug-likeness (QED) is 0.862. The van der Waals surface area contributed by atoms with E-state index in [1.807, 2.05) is 36.0 Å². The van der Waals surface area contributed by atoms with Gasteiger partial charge in [0.2, 0.25) is 0 Å². The first kappa shape index (κ1) is 14.7. The summed E-state index contributed by atoms with van der Waals surface area (Å²) in [6.45, 7) is 6.17. The summed E-state index contributed by atoms with van der Waals surface area (Å²) in [6.07, 6.45) is 1.11. The van der Waals surface area contributed by atoms with Gasteiger partial charge in [0.15, 0.2) is 0 Å². The molecule has 2 N–H and O–H groups in total. The van der Waals surface area contributed by atoms with Crippen molar-refractivity contribution in [1.82, 2.24) is 4.90 Å². The van der Waals surface area contributed by atoms with Gasteiger partial charge in [0.1, 0.15) is 0 Å². The second-order valence-electron chi connectivity index (χ2n) is 6.21. The molecule has 1 aromatic carbocycles. The van der Waals surface area contributed by atoms with E-state index in [9.17, 15) is 4.79 Å². The van der Waals surface area contributed by atoms with Gasteiger partial charge in [0, 0.05) is 32.7 Å². The number of anilines is 2. The number of likely N-dealkylation sites (tertiary alicyclic amines) is 1. The molecule has 1 aliphatic heterocycles. The van der Waals surface area contributed by atoms with E-state index >= 15 is 0 Å². The summed E-state index contributed by atoms with van der Waals surface area (Å²) < 4.78 is 0. The normalized spacial score (nSPS) is 18.6. The maximum absolute atomic E-state index is 12.5. The van der Waals surface area contributed by atoms with E-state index in [-0.39, 0.29) is 5.91 Å². The molecule has 1 fully saturated rings. The van der Waals surface area contributed by atoms with E-state index < -0.39 is 0 Å². The average Bonchev–Trinajstić information content (AvgIpc) is 2.87. The van der Waals surface area contributed by atoms with Crippen molar-refractivity contribution in [3.8, 4) is 0 Å². The summed E-state index contributed by atoms with van der Waals surface area (Å²) in [7, 11) is 3.89. The number of rotatable bonds is 3. The van der Waals surface area contributed by atoms with E-state index in [1.54, 1.807) is 6.07 Å². The summed E-state index contributed by atoms with van der Waals surface area (Å²) in [6, 6.07) is 5.58. The Morgan fingerprint density at radius 1 is 1.40 bits per heavy atom. The number of hydrogen-bond acceptors (Lipinski definition) is 3. The maximum Gasteiger partial charge on any atom is 0.253 e. The van der Waals surface area contributed by atoms with E-state index in [4.69, 9.17) is 5.73 Å². The van der Waals surface area contributed by atoms with E-state index in [0.717, 1.165) is 25.2 Å². The molecule has 1 atom stereocenters. The van der Waals surface area contributed by atoms with Crippen molar-refractivity contribution in [2.45, 2.75) is 20.3 Å². The number of nitrogens with two attached hydrogens (primary N) is 1. The first-order valence-corrected chi connectivity index (χ1v) is 7.26. The lowest BCUT2D eigenvalue weighted by Gasteiger charge is -2.20. The van der Waals surface area contributed by atoms with Crippen molar-refractivity contribution in [1.29, 1.82) is 0 Å². The van der Waals surface area contributed by atoms with Gasteiger partial charge >= 0.3 is 0 Å². The van der Waals surface area contributed by atoms with Crippen LogP contribution in [0.25, 0.3) is 0 Å². The first-order valence-electron chi connectivity index (χ1n) is 7.26. The molecule has 0 spiro atoms. The van der Waals surface area contributed by atoms with E-state index in [0.29, 0.717) is 23.1 Å². The van der Waals surface area contributed by atoms with Crippen LogP contribution in [0.15, 0.2) is 18.2 Å².